The second kappa shape index (κ2) is 4.18. The van der Waals surface area contributed by atoms with E-state index < -0.39 is 0 Å². The third-order valence-corrected chi connectivity index (χ3v) is 4.63. The van der Waals surface area contributed by atoms with Crippen LogP contribution in [0, 0.1) is 3.57 Å². The third kappa shape index (κ3) is 1.95. The number of hydrogen-bond donors (Lipinski definition) is 0. The highest BCUT2D eigenvalue weighted by atomic mass is 127. The molecule has 2 rings (SSSR count). The largest absolute Gasteiger partial charge is 0.312 e. The fraction of sp³-hybridized carbons (Fsp3) is 0.300. The first kappa shape index (κ1) is 10.4. The average molecular weight is 366 g/mol. The van der Waals surface area contributed by atoms with Gasteiger partial charge in [-0.25, -0.2) is 0 Å². The molecule has 0 radical (unpaired) electrons. The molecule has 1 fully saturated rings. The number of halogens is 2. The normalized spacial score (nSPS) is 16.4. The number of hydrogen-bond acceptors (Lipinski definition) is 1. The van der Waals surface area contributed by atoms with Crippen molar-refractivity contribution in [1.29, 1.82) is 0 Å². The number of amides is 1. The van der Waals surface area contributed by atoms with E-state index in [1.807, 2.05) is 23.1 Å². The van der Waals surface area contributed by atoms with Gasteiger partial charge in [-0.1, -0.05) is 0 Å². The van der Waals surface area contributed by atoms with Gasteiger partial charge in [0.15, 0.2) is 0 Å². The summed E-state index contributed by atoms with van der Waals surface area (Å²) in [4.78, 5) is 13.3. The minimum Gasteiger partial charge on any atom is -0.312 e. The molecule has 2 nitrogen and oxygen atoms in total. The molecule has 0 spiro atoms. The van der Waals surface area contributed by atoms with Crippen LogP contribution >= 0.6 is 38.5 Å². The monoisotopic (exact) mass is 365 g/mol. The average Bonchev–Trinajstić information content (AvgIpc) is 2.57. The maximum absolute atomic E-state index is 11.5. The van der Waals surface area contributed by atoms with Crippen molar-refractivity contribution < 1.29 is 4.79 Å². The minimum atomic E-state index is 0.234. The first-order valence-electron chi connectivity index (χ1n) is 4.44. The number of nitrogens with zero attached hydrogens (tertiary/aromatic N) is 1. The molecule has 1 aromatic rings. The summed E-state index contributed by atoms with van der Waals surface area (Å²) < 4.78 is 2.22. The maximum Gasteiger partial charge on any atom is 0.227 e. The Balaban J connectivity index is 2.32. The Morgan fingerprint density at radius 2 is 2.21 bits per heavy atom. The SMILES string of the molecule is O=C1CCCN1c1ccc(I)c(Br)c1. The molecule has 14 heavy (non-hydrogen) atoms. The van der Waals surface area contributed by atoms with Crippen molar-refractivity contribution in [2.24, 2.45) is 0 Å². The van der Waals surface area contributed by atoms with Crippen LogP contribution in [0.4, 0.5) is 5.69 Å². The summed E-state index contributed by atoms with van der Waals surface area (Å²) in [5.41, 5.74) is 1.000. The van der Waals surface area contributed by atoms with Crippen molar-refractivity contribution in [1.82, 2.24) is 0 Å². The Bertz CT molecular complexity index is 380. The molecule has 0 N–H and O–H groups in total. The van der Waals surface area contributed by atoms with E-state index in [0.717, 1.165) is 26.7 Å². The highest BCUT2D eigenvalue weighted by Crippen LogP contribution is 2.27. The fourth-order valence-electron chi connectivity index (χ4n) is 1.57. The van der Waals surface area contributed by atoms with Gasteiger partial charge in [-0.15, -0.1) is 0 Å². The van der Waals surface area contributed by atoms with Crippen molar-refractivity contribution in [3.8, 4) is 0 Å². The second-order valence-electron chi connectivity index (χ2n) is 3.25. The summed E-state index contributed by atoms with van der Waals surface area (Å²) >= 11 is 5.73. The smallest absolute Gasteiger partial charge is 0.227 e. The zero-order valence-electron chi connectivity index (χ0n) is 7.46. The molecule has 1 heterocycles. The van der Waals surface area contributed by atoms with Crippen molar-refractivity contribution in [3.05, 3.63) is 26.2 Å². The van der Waals surface area contributed by atoms with Gasteiger partial charge in [-0.05, 0) is 63.1 Å². The zero-order chi connectivity index (χ0) is 10.1. The molecular formula is C10H9BrINO. The molecule has 0 atom stereocenters. The van der Waals surface area contributed by atoms with Gasteiger partial charge in [0.2, 0.25) is 5.91 Å². The molecule has 0 bridgehead atoms. The Labute approximate surface area is 105 Å². The van der Waals surface area contributed by atoms with Crippen LogP contribution < -0.4 is 4.90 Å². The number of benzene rings is 1. The van der Waals surface area contributed by atoms with Gasteiger partial charge in [0.1, 0.15) is 0 Å². The molecule has 0 aromatic heterocycles. The van der Waals surface area contributed by atoms with Crippen LogP contribution in [0.1, 0.15) is 12.8 Å². The molecule has 1 aliphatic heterocycles. The second-order valence-corrected chi connectivity index (χ2v) is 5.26. The molecule has 4 heteroatoms. The third-order valence-electron chi connectivity index (χ3n) is 2.29. The van der Waals surface area contributed by atoms with Crippen molar-refractivity contribution in [2.45, 2.75) is 12.8 Å². The van der Waals surface area contributed by atoms with Gasteiger partial charge in [-0.2, -0.15) is 0 Å². The Morgan fingerprint density at radius 3 is 2.79 bits per heavy atom. The van der Waals surface area contributed by atoms with Crippen LogP contribution in [-0.4, -0.2) is 12.5 Å². The first-order chi connectivity index (χ1) is 6.68. The van der Waals surface area contributed by atoms with Crippen LogP contribution in [-0.2, 0) is 4.79 Å². The molecule has 74 valence electrons. The van der Waals surface area contributed by atoms with Gasteiger partial charge in [0.25, 0.3) is 0 Å². The lowest BCUT2D eigenvalue weighted by Crippen LogP contribution is -2.23. The van der Waals surface area contributed by atoms with E-state index >= 15 is 0 Å². The topological polar surface area (TPSA) is 20.3 Å². The fourth-order valence-corrected chi connectivity index (χ4v) is 2.28. The molecule has 1 aliphatic rings. The predicted octanol–water partition coefficient (Wildman–Crippen LogP) is 3.18. The molecular weight excluding hydrogens is 357 g/mol. The van der Waals surface area contributed by atoms with Gasteiger partial charge < -0.3 is 4.90 Å². The molecule has 0 aliphatic carbocycles. The molecule has 0 saturated carbocycles. The highest BCUT2D eigenvalue weighted by Gasteiger charge is 2.21. The minimum absolute atomic E-state index is 0.234. The summed E-state index contributed by atoms with van der Waals surface area (Å²) in [5.74, 6) is 0.234. The van der Waals surface area contributed by atoms with E-state index in [0.29, 0.717) is 6.42 Å². The van der Waals surface area contributed by atoms with Crippen molar-refractivity contribution in [2.75, 3.05) is 11.4 Å². The Morgan fingerprint density at radius 1 is 1.43 bits per heavy atom. The van der Waals surface area contributed by atoms with Crippen LogP contribution in [0.25, 0.3) is 0 Å². The molecule has 0 unspecified atom stereocenters. The molecule has 1 saturated heterocycles. The van der Waals surface area contributed by atoms with Crippen LogP contribution in [0.3, 0.4) is 0 Å². The van der Waals surface area contributed by atoms with Gasteiger partial charge in [0.05, 0.1) is 0 Å². The zero-order valence-corrected chi connectivity index (χ0v) is 11.2. The van der Waals surface area contributed by atoms with E-state index in [2.05, 4.69) is 38.5 Å². The molecule has 1 amide bonds. The number of anilines is 1. The van der Waals surface area contributed by atoms with E-state index in [9.17, 15) is 4.79 Å². The summed E-state index contributed by atoms with van der Waals surface area (Å²) in [6.07, 6.45) is 1.66. The van der Waals surface area contributed by atoms with Crippen molar-refractivity contribution >= 4 is 50.1 Å². The lowest BCUT2D eigenvalue weighted by atomic mass is 10.3. The molecule has 1 aromatic carbocycles. The lowest BCUT2D eigenvalue weighted by molar-refractivity contribution is -0.117. The standard InChI is InChI=1S/C10H9BrINO/c11-8-6-7(3-4-9(8)12)13-5-1-2-10(13)14/h3-4,6H,1-2,5H2. The van der Waals surface area contributed by atoms with Crippen molar-refractivity contribution in [3.63, 3.8) is 0 Å². The lowest BCUT2D eigenvalue weighted by Gasteiger charge is -2.16. The summed E-state index contributed by atoms with van der Waals surface area (Å²) in [6.45, 7) is 0.853. The summed E-state index contributed by atoms with van der Waals surface area (Å²) in [5, 5.41) is 0. The van der Waals surface area contributed by atoms with E-state index in [1.165, 1.54) is 0 Å². The highest BCUT2D eigenvalue weighted by molar-refractivity contribution is 14.1. The maximum atomic E-state index is 11.5. The quantitative estimate of drug-likeness (QED) is 0.700. The Hall–Kier alpha value is -0.100. The predicted molar refractivity (Wildman–Crippen MR) is 68.4 cm³/mol. The van der Waals surface area contributed by atoms with Gasteiger partial charge in [0, 0.05) is 26.7 Å². The van der Waals surface area contributed by atoms with Crippen LogP contribution in [0.15, 0.2) is 22.7 Å². The first-order valence-corrected chi connectivity index (χ1v) is 6.31. The number of carbonyl (C=O) groups excluding carboxylic acids is 1. The summed E-state index contributed by atoms with van der Waals surface area (Å²) in [6, 6.07) is 6.02. The van der Waals surface area contributed by atoms with E-state index in [4.69, 9.17) is 0 Å². The Kier molecular flexibility index (Phi) is 3.11. The summed E-state index contributed by atoms with van der Waals surface area (Å²) in [7, 11) is 0. The van der Waals surface area contributed by atoms with Crippen LogP contribution in [0.2, 0.25) is 0 Å². The van der Waals surface area contributed by atoms with Gasteiger partial charge in [-0.3, -0.25) is 4.79 Å². The van der Waals surface area contributed by atoms with E-state index in [-0.39, 0.29) is 5.91 Å². The van der Waals surface area contributed by atoms with E-state index in [1.54, 1.807) is 0 Å². The van der Waals surface area contributed by atoms with Gasteiger partial charge >= 0.3 is 0 Å². The van der Waals surface area contributed by atoms with Crippen LogP contribution in [0.5, 0.6) is 0 Å². The number of rotatable bonds is 1. The number of carbonyl (C=O) groups is 1.